The van der Waals surface area contributed by atoms with Crippen LogP contribution in [-0.4, -0.2) is 28.1 Å². The molecule has 0 bridgehead atoms. The number of benzene rings is 2. The number of nitrogens with one attached hydrogen (secondary N) is 1. The minimum absolute atomic E-state index is 0.0118. The van der Waals surface area contributed by atoms with Crippen molar-refractivity contribution < 1.29 is 17.9 Å². The first-order valence-electron chi connectivity index (χ1n) is 9.10. The van der Waals surface area contributed by atoms with Crippen LogP contribution in [0.15, 0.2) is 47.8 Å². The van der Waals surface area contributed by atoms with Crippen molar-refractivity contribution in [3.05, 3.63) is 64.3 Å². The molecule has 32 heavy (non-hydrogen) atoms. The van der Waals surface area contributed by atoms with Gasteiger partial charge in [0.15, 0.2) is 5.82 Å². The maximum atomic E-state index is 15.5. The summed E-state index contributed by atoms with van der Waals surface area (Å²) in [6, 6.07) is 6.61. The summed E-state index contributed by atoms with van der Waals surface area (Å²) in [4.78, 5) is 7.78. The fourth-order valence-corrected chi connectivity index (χ4v) is 5.28. The Kier molecular flexibility index (Phi) is 5.72. The third kappa shape index (κ3) is 3.75. The molecule has 166 valence electrons. The molecule has 2 aromatic heterocycles. The van der Waals surface area contributed by atoms with Crippen LogP contribution in [0.5, 0.6) is 0 Å². The molecule has 0 aliphatic carbocycles. The molecule has 0 atom stereocenters. The number of aliphatic hydroxyl groups excluding tert-OH is 1. The summed E-state index contributed by atoms with van der Waals surface area (Å²) < 4.78 is 45.2. The Hall–Kier alpha value is -2.92. The van der Waals surface area contributed by atoms with Gasteiger partial charge in [-0.15, -0.1) is 0 Å². The number of nitrogens with two attached hydrogens (primary N) is 1. The summed E-state index contributed by atoms with van der Waals surface area (Å²) in [5, 5.41) is 9.56. The van der Waals surface area contributed by atoms with Crippen LogP contribution >= 0.6 is 23.2 Å². The fraction of sp³-hybridized carbons (Fsp3) is 0.100. The largest absolute Gasteiger partial charge is 0.392 e. The van der Waals surface area contributed by atoms with E-state index in [1.165, 1.54) is 30.6 Å². The van der Waals surface area contributed by atoms with Crippen molar-refractivity contribution in [2.75, 3.05) is 10.5 Å². The van der Waals surface area contributed by atoms with Crippen molar-refractivity contribution in [1.29, 1.82) is 0 Å². The van der Waals surface area contributed by atoms with E-state index in [1.807, 2.05) is 0 Å². The zero-order chi connectivity index (χ0) is 23.2. The normalized spacial score (nSPS) is 11.8. The molecule has 0 aliphatic heterocycles. The molecule has 8 nitrogen and oxygen atoms in total. The minimum Gasteiger partial charge on any atom is -0.392 e. The molecule has 12 heteroatoms. The molecule has 0 spiro atoms. The third-order valence-corrected chi connectivity index (χ3v) is 7.06. The minimum atomic E-state index is -4.30. The average Bonchev–Trinajstić information content (AvgIpc) is 3.08. The number of aliphatic hydroxyl groups is 1. The van der Waals surface area contributed by atoms with E-state index in [-0.39, 0.29) is 37.6 Å². The molecule has 0 saturated carbocycles. The lowest BCUT2D eigenvalue weighted by atomic mass is 10.0. The summed E-state index contributed by atoms with van der Waals surface area (Å²) >= 11 is 12.1. The van der Waals surface area contributed by atoms with Crippen LogP contribution in [0.1, 0.15) is 5.56 Å². The van der Waals surface area contributed by atoms with Crippen LogP contribution in [0.4, 0.5) is 15.9 Å². The van der Waals surface area contributed by atoms with Crippen LogP contribution < -0.4 is 10.5 Å². The molecule has 0 unspecified atom stereocenters. The Labute approximate surface area is 192 Å². The lowest BCUT2D eigenvalue weighted by Crippen LogP contribution is -2.15. The van der Waals surface area contributed by atoms with Crippen LogP contribution in [0, 0.1) is 5.82 Å². The number of aryl methyl sites for hydroxylation is 1. The first-order chi connectivity index (χ1) is 15.1. The molecule has 0 saturated heterocycles. The molecule has 4 aromatic rings. The number of rotatable bonds is 5. The van der Waals surface area contributed by atoms with Gasteiger partial charge in [-0.05, 0) is 23.8 Å². The Morgan fingerprint density at radius 1 is 1.19 bits per heavy atom. The number of hydrogen-bond acceptors (Lipinski definition) is 6. The first kappa shape index (κ1) is 22.3. The SMILES string of the molecule is Cn1cc(-c2cccc(NS(=O)(=O)c3cc(Cl)c(CO)cc3Cl)c2F)c2c(N)ncnc21. The van der Waals surface area contributed by atoms with Crippen LogP contribution in [-0.2, 0) is 23.7 Å². The van der Waals surface area contributed by atoms with E-state index in [0.29, 0.717) is 16.6 Å². The molecular weight excluding hydrogens is 480 g/mol. The van der Waals surface area contributed by atoms with Crippen LogP contribution in [0.25, 0.3) is 22.2 Å². The quantitative estimate of drug-likeness (QED) is 0.385. The Morgan fingerprint density at radius 3 is 2.66 bits per heavy atom. The van der Waals surface area contributed by atoms with Gasteiger partial charge in [-0.1, -0.05) is 35.3 Å². The summed E-state index contributed by atoms with van der Waals surface area (Å²) in [5.74, 6) is -0.651. The van der Waals surface area contributed by atoms with Gasteiger partial charge in [-0.3, -0.25) is 4.72 Å². The molecule has 0 amide bonds. The van der Waals surface area contributed by atoms with E-state index < -0.39 is 22.4 Å². The van der Waals surface area contributed by atoms with Gasteiger partial charge in [0.25, 0.3) is 10.0 Å². The number of nitrogens with zero attached hydrogens (tertiary/aromatic N) is 3. The Bertz CT molecular complexity index is 1470. The number of halogens is 3. The Balaban J connectivity index is 1.81. The van der Waals surface area contributed by atoms with Gasteiger partial charge in [0.05, 0.1) is 22.7 Å². The van der Waals surface area contributed by atoms with Crippen LogP contribution in [0.2, 0.25) is 10.0 Å². The van der Waals surface area contributed by atoms with Gasteiger partial charge in [0.2, 0.25) is 0 Å². The molecule has 0 fully saturated rings. The highest BCUT2D eigenvalue weighted by molar-refractivity contribution is 7.92. The molecule has 4 rings (SSSR count). The predicted octanol–water partition coefficient (Wildman–Crippen LogP) is 3.96. The van der Waals surface area contributed by atoms with Gasteiger partial charge in [0.1, 0.15) is 22.7 Å². The van der Waals surface area contributed by atoms with Crippen molar-refractivity contribution in [3.63, 3.8) is 0 Å². The smallest absolute Gasteiger partial charge is 0.263 e. The van der Waals surface area contributed by atoms with Crippen molar-refractivity contribution >= 4 is 55.8 Å². The predicted molar refractivity (Wildman–Crippen MR) is 122 cm³/mol. The van der Waals surface area contributed by atoms with E-state index in [4.69, 9.17) is 28.9 Å². The summed E-state index contributed by atoms with van der Waals surface area (Å²) in [6.07, 6.45) is 2.94. The first-order valence-corrected chi connectivity index (χ1v) is 11.3. The zero-order valence-electron chi connectivity index (χ0n) is 16.5. The third-order valence-electron chi connectivity index (χ3n) is 4.88. The van der Waals surface area contributed by atoms with Gasteiger partial charge in [-0.25, -0.2) is 22.8 Å². The van der Waals surface area contributed by atoms with Gasteiger partial charge in [-0.2, -0.15) is 0 Å². The maximum absolute atomic E-state index is 15.5. The second-order valence-corrected chi connectivity index (χ2v) is 9.38. The van der Waals surface area contributed by atoms with E-state index in [1.54, 1.807) is 17.8 Å². The number of fused-ring (bicyclic) bond motifs is 1. The molecule has 0 radical (unpaired) electrons. The zero-order valence-corrected chi connectivity index (χ0v) is 18.8. The molecule has 4 N–H and O–H groups in total. The highest BCUT2D eigenvalue weighted by Crippen LogP contribution is 2.37. The topological polar surface area (TPSA) is 123 Å². The van der Waals surface area contributed by atoms with Gasteiger partial charge in [0, 0.05) is 29.4 Å². The number of hydrogen-bond donors (Lipinski definition) is 3. The number of nitrogen functional groups attached to an aromatic ring is 1. The second kappa shape index (κ2) is 8.21. The molecule has 2 aromatic carbocycles. The number of aromatic nitrogens is 3. The summed E-state index contributed by atoms with van der Waals surface area (Å²) in [5.41, 5.74) is 6.97. The van der Waals surface area contributed by atoms with Crippen molar-refractivity contribution in [3.8, 4) is 11.1 Å². The van der Waals surface area contributed by atoms with Crippen molar-refractivity contribution in [2.24, 2.45) is 7.05 Å². The van der Waals surface area contributed by atoms with Gasteiger partial charge < -0.3 is 15.4 Å². The number of anilines is 2. The average molecular weight is 496 g/mol. The number of sulfonamides is 1. The van der Waals surface area contributed by atoms with Gasteiger partial charge >= 0.3 is 0 Å². The highest BCUT2D eigenvalue weighted by atomic mass is 35.5. The fourth-order valence-electron chi connectivity index (χ4n) is 3.35. The molecule has 2 heterocycles. The second-order valence-electron chi connectivity index (χ2n) is 6.92. The van der Waals surface area contributed by atoms with E-state index >= 15 is 4.39 Å². The maximum Gasteiger partial charge on any atom is 0.263 e. The molecular formula is C20H16Cl2FN5O3S. The lowest BCUT2D eigenvalue weighted by Gasteiger charge is -2.13. The monoisotopic (exact) mass is 495 g/mol. The highest BCUT2D eigenvalue weighted by Gasteiger charge is 2.24. The van der Waals surface area contributed by atoms with Crippen LogP contribution in [0.3, 0.4) is 0 Å². The molecule has 0 aliphatic rings. The van der Waals surface area contributed by atoms with Crippen molar-refractivity contribution in [1.82, 2.24) is 14.5 Å². The van der Waals surface area contributed by atoms with E-state index in [0.717, 1.165) is 6.07 Å². The van der Waals surface area contributed by atoms with Crippen molar-refractivity contribution in [2.45, 2.75) is 11.5 Å². The summed E-state index contributed by atoms with van der Waals surface area (Å²) in [6.45, 7) is -0.416. The van der Waals surface area contributed by atoms with E-state index in [2.05, 4.69) is 14.7 Å². The Morgan fingerprint density at radius 2 is 1.94 bits per heavy atom. The summed E-state index contributed by atoms with van der Waals surface area (Å²) in [7, 11) is -2.57. The van der Waals surface area contributed by atoms with E-state index in [9.17, 15) is 13.5 Å². The standard InChI is InChI=1S/C20H16Cl2FN5O3S/c1-28-7-12(17-19(24)25-9-26-20(17)28)11-3-2-4-15(18(11)23)27-32(30,31)16-6-13(21)10(8-29)5-14(16)22/h2-7,9,27,29H,8H2,1H3,(H2,24,25,26). The lowest BCUT2D eigenvalue weighted by molar-refractivity contribution is 0.282.